The largest absolute Gasteiger partial charge is 0.480 e. The second-order valence-electron chi connectivity index (χ2n) is 6.61. The number of carbonyl (C=O) groups is 1. The lowest BCUT2D eigenvalue weighted by atomic mass is 9.87. The molecular formula is C20H31ClO3. The number of hydrogen-bond acceptors (Lipinski definition) is 2. The number of alkyl halides is 1. The third kappa shape index (κ3) is 10.7. The van der Waals surface area contributed by atoms with Gasteiger partial charge in [-0.25, -0.2) is 4.79 Å². The number of aliphatic carboxylic acids is 1. The molecule has 2 rings (SSSR count). The highest BCUT2D eigenvalue weighted by Crippen LogP contribution is 2.29. The number of hydrogen-bond donors (Lipinski definition) is 1. The molecule has 0 aromatic heterocycles. The van der Waals surface area contributed by atoms with Gasteiger partial charge in [0.25, 0.3) is 0 Å². The van der Waals surface area contributed by atoms with Crippen LogP contribution in [0, 0.1) is 23.7 Å². The summed E-state index contributed by atoms with van der Waals surface area (Å²) < 4.78 is 4.65. The van der Waals surface area contributed by atoms with Gasteiger partial charge in [0.05, 0.1) is 6.61 Å². The second-order valence-corrected chi connectivity index (χ2v) is 7.23. The van der Waals surface area contributed by atoms with Crippen molar-refractivity contribution in [1.29, 1.82) is 0 Å². The molecule has 1 N–H and O–H groups in total. The zero-order valence-corrected chi connectivity index (χ0v) is 15.6. The predicted molar refractivity (Wildman–Crippen MR) is 99.2 cm³/mol. The number of allylic oxidation sites excluding steroid dienone is 1. The first-order valence-electron chi connectivity index (χ1n) is 9.15. The van der Waals surface area contributed by atoms with Crippen LogP contribution in [0.3, 0.4) is 0 Å². The van der Waals surface area contributed by atoms with Crippen molar-refractivity contribution in [2.24, 2.45) is 11.8 Å². The Bertz CT molecular complexity index is 430. The van der Waals surface area contributed by atoms with Crippen LogP contribution < -0.4 is 0 Å². The highest BCUT2D eigenvalue weighted by molar-refractivity contribution is 6.20. The fourth-order valence-electron chi connectivity index (χ4n) is 3.11. The maximum Gasteiger partial charge on any atom is 0.329 e. The summed E-state index contributed by atoms with van der Waals surface area (Å²) >= 11 is 6.07. The molecule has 0 bridgehead atoms. The third-order valence-corrected chi connectivity index (χ3v) is 4.86. The first-order chi connectivity index (χ1) is 11.6. The average molecular weight is 355 g/mol. The quantitative estimate of drug-likeness (QED) is 0.326. The molecule has 3 nitrogen and oxygen atoms in total. The van der Waals surface area contributed by atoms with Gasteiger partial charge in [-0.05, 0) is 44.9 Å². The van der Waals surface area contributed by atoms with Gasteiger partial charge in [0.15, 0.2) is 0 Å². The van der Waals surface area contributed by atoms with Crippen molar-refractivity contribution in [2.75, 3.05) is 13.2 Å². The molecule has 2 atom stereocenters. The van der Waals surface area contributed by atoms with E-state index in [0.717, 1.165) is 18.8 Å². The van der Waals surface area contributed by atoms with E-state index < -0.39 is 5.97 Å². The zero-order valence-electron chi connectivity index (χ0n) is 14.8. The topological polar surface area (TPSA) is 46.5 Å². The molecule has 24 heavy (non-hydrogen) atoms. The Balaban J connectivity index is 0.000000277. The van der Waals surface area contributed by atoms with E-state index in [4.69, 9.17) is 16.7 Å². The lowest BCUT2D eigenvalue weighted by molar-refractivity contribution is -0.141. The van der Waals surface area contributed by atoms with Gasteiger partial charge in [-0.2, -0.15) is 0 Å². The minimum atomic E-state index is -0.931. The molecule has 2 aliphatic rings. The smallest absolute Gasteiger partial charge is 0.329 e. The zero-order chi connectivity index (χ0) is 17.6. The van der Waals surface area contributed by atoms with Crippen LogP contribution in [0.4, 0.5) is 0 Å². The van der Waals surface area contributed by atoms with Crippen LogP contribution in [-0.2, 0) is 9.53 Å². The van der Waals surface area contributed by atoms with Gasteiger partial charge in [0.1, 0.15) is 6.61 Å². The lowest BCUT2D eigenvalue weighted by Gasteiger charge is -2.18. The molecule has 136 valence electrons. The summed E-state index contributed by atoms with van der Waals surface area (Å²) in [7, 11) is 0. The standard InChI is InChI=1S/C14H21Cl.C6H10O3/c15-14-10-9-13(11-14)8-4-7-12-5-2-1-3-6-12;1-2-3-4-9-5-6(7)8/h12-14H,1-3,5-7,9-11H2;2-3H,4-5H2,1H3,(H,7,8)/b;3-2-. The molecule has 0 spiro atoms. The number of carboxylic acid groups (broad SMARTS) is 1. The van der Waals surface area contributed by atoms with Crippen LogP contribution in [0.1, 0.15) is 64.7 Å². The van der Waals surface area contributed by atoms with E-state index in [1.165, 1.54) is 44.9 Å². The maximum atomic E-state index is 9.81. The van der Waals surface area contributed by atoms with Gasteiger partial charge in [0, 0.05) is 17.7 Å². The van der Waals surface area contributed by atoms with E-state index in [0.29, 0.717) is 17.9 Å². The highest BCUT2D eigenvalue weighted by atomic mass is 35.5. The van der Waals surface area contributed by atoms with Gasteiger partial charge >= 0.3 is 5.97 Å². The second kappa shape index (κ2) is 13.3. The summed E-state index contributed by atoms with van der Waals surface area (Å²) in [6.45, 7) is 2.01. The Hall–Kier alpha value is -0.980. The van der Waals surface area contributed by atoms with Gasteiger partial charge < -0.3 is 9.84 Å². The van der Waals surface area contributed by atoms with E-state index in [2.05, 4.69) is 16.6 Å². The van der Waals surface area contributed by atoms with Gasteiger partial charge in [-0.3, -0.25) is 0 Å². The fourth-order valence-corrected chi connectivity index (χ4v) is 3.45. The summed E-state index contributed by atoms with van der Waals surface area (Å²) in [5.74, 6) is 7.41. The van der Waals surface area contributed by atoms with E-state index in [1.54, 1.807) is 6.08 Å². The Kier molecular flexibility index (Phi) is 11.7. The molecular weight excluding hydrogens is 324 g/mol. The van der Waals surface area contributed by atoms with Crippen LogP contribution >= 0.6 is 11.6 Å². The third-order valence-electron chi connectivity index (χ3n) is 4.47. The van der Waals surface area contributed by atoms with Crippen molar-refractivity contribution in [1.82, 2.24) is 0 Å². The van der Waals surface area contributed by atoms with Crippen LogP contribution in [-0.4, -0.2) is 29.7 Å². The fraction of sp³-hybridized carbons (Fsp3) is 0.750. The minimum absolute atomic E-state index is 0.218. The van der Waals surface area contributed by atoms with Gasteiger partial charge in [-0.15, -0.1) is 17.5 Å². The van der Waals surface area contributed by atoms with Crippen LogP contribution in [0.25, 0.3) is 0 Å². The van der Waals surface area contributed by atoms with Gasteiger partial charge in [-0.1, -0.05) is 37.3 Å². The molecule has 4 heteroatoms. The number of carboxylic acids is 1. The summed E-state index contributed by atoms with van der Waals surface area (Å²) in [5, 5.41) is 8.47. The first kappa shape index (κ1) is 21.1. The minimum Gasteiger partial charge on any atom is -0.480 e. The summed E-state index contributed by atoms with van der Waals surface area (Å²) in [5.41, 5.74) is 0. The van der Waals surface area contributed by atoms with Crippen molar-refractivity contribution in [2.45, 2.75) is 70.1 Å². The molecule has 0 aromatic carbocycles. The number of halogens is 1. The molecule has 0 aromatic rings. The van der Waals surface area contributed by atoms with Gasteiger partial charge in [0.2, 0.25) is 0 Å². The maximum absolute atomic E-state index is 9.81. The van der Waals surface area contributed by atoms with Crippen LogP contribution in [0.2, 0.25) is 0 Å². The van der Waals surface area contributed by atoms with E-state index >= 15 is 0 Å². The molecule has 2 fully saturated rings. The average Bonchev–Trinajstić information content (AvgIpc) is 2.98. The summed E-state index contributed by atoms with van der Waals surface area (Å²) in [6, 6.07) is 0. The summed E-state index contributed by atoms with van der Waals surface area (Å²) in [4.78, 5) is 9.81. The van der Waals surface area contributed by atoms with Crippen LogP contribution in [0.15, 0.2) is 12.2 Å². The monoisotopic (exact) mass is 354 g/mol. The highest BCUT2D eigenvalue weighted by Gasteiger charge is 2.20. The van der Waals surface area contributed by atoms with Crippen molar-refractivity contribution in [3.8, 4) is 11.8 Å². The molecule has 2 aliphatic carbocycles. The van der Waals surface area contributed by atoms with Crippen molar-refractivity contribution in [3.63, 3.8) is 0 Å². The Labute approximate surface area is 151 Å². The van der Waals surface area contributed by atoms with E-state index in [9.17, 15) is 4.79 Å². The predicted octanol–water partition coefficient (Wildman–Crippen LogP) is 5.03. The van der Waals surface area contributed by atoms with E-state index in [-0.39, 0.29) is 6.61 Å². The molecule has 2 saturated carbocycles. The lowest BCUT2D eigenvalue weighted by Crippen LogP contribution is -2.06. The molecule has 0 aliphatic heterocycles. The normalized spacial score (nSPS) is 24.1. The van der Waals surface area contributed by atoms with Crippen molar-refractivity contribution < 1.29 is 14.6 Å². The summed E-state index contributed by atoms with van der Waals surface area (Å²) in [6.07, 6.45) is 15.4. The number of rotatable bonds is 5. The SMILES string of the molecule is C/C=C\COCC(=O)O.ClC1CCC(C#CCC2CCCCC2)C1. The number of ether oxygens (including phenoxy) is 1. The molecule has 0 heterocycles. The van der Waals surface area contributed by atoms with Crippen LogP contribution in [0.5, 0.6) is 0 Å². The van der Waals surface area contributed by atoms with Crippen molar-refractivity contribution >= 4 is 17.6 Å². The Morgan fingerprint density at radius 2 is 2.00 bits per heavy atom. The Morgan fingerprint density at radius 1 is 1.25 bits per heavy atom. The Morgan fingerprint density at radius 3 is 2.58 bits per heavy atom. The van der Waals surface area contributed by atoms with E-state index in [1.807, 2.05) is 13.0 Å². The molecule has 0 radical (unpaired) electrons. The molecule has 0 saturated heterocycles. The molecule has 0 amide bonds. The molecule has 2 unspecified atom stereocenters. The first-order valence-corrected chi connectivity index (χ1v) is 9.58. The van der Waals surface area contributed by atoms with Crippen molar-refractivity contribution in [3.05, 3.63) is 12.2 Å².